The Labute approximate surface area is 82.5 Å². The van der Waals surface area contributed by atoms with Crippen molar-refractivity contribution in [3.05, 3.63) is 18.1 Å². The van der Waals surface area contributed by atoms with Gasteiger partial charge in [-0.05, 0) is 19.8 Å². The number of hydrogen-bond donors (Lipinski definition) is 1. The van der Waals surface area contributed by atoms with Crippen LogP contribution in [0, 0.1) is 6.92 Å². The van der Waals surface area contributed by atoms with Crippen molar-refractivity contribution < 1.29 is 0 Å². The van der Waals surface area contributed by atoms with Gasteiger partial charge in [-0.2, -0.15) is 0 Å². The molecule has 4 heteroatoms. The first-order valence-electron chi connectivity index (χ1n) is 4.43. The van der Waals surface area contributed by atoms with E-state index in [-0.39, 0.29) is 0 Å². The van der Waals surface area contributed by atoms with E-state index in [2.05, 4.69) is 15.3 Å². The van der Waals surface area contributed by atoms with Gasteiger partial charge < -0.3 is 5.32 Å². The molecule has 0 radical (unpaired) electrons. The largest absolute Gasteiger partial charge is 0.367 e. The zero-order chi connectivity index (χ0) is 9.26. The van der Waals surface area contributed by atoms with Crippen LogP contribution in [-0.4, -0.2) is 21.4 Å². The maximum absolute atomic E-state index is 5.87. The zero-order valence-electron chi connectivity index (χ0n) is 7.50. The van der Waals surface area contributed by atoms with Crippen LogP contribution in [0.15, 0.2) is 12.4 Å². The molecule has 2 rings (SSSR count). The summed E-state index contributed by atoms with van der Waals surface area (Å²) >= 11 is 5.87. The van der Waals surface area contributed by atoms with Gasteiger partial charge in [0.25, 0.3) is 0 Å². The predicted molar refractivity (Wildman–Crippen MR) is 53.1 cm³/mol. The molecule has 0 spiro atoms. The maximum Gasteiger partial charge on any atom is 0.129 e. The molecule has 1 aromatic heterocycles. The number of aromatic nitrogens is 2. The maximum atomic E-state index is 5.87. The molecule has 0 amide bonds. The fourth-order valence-electron chi connectivity index (χ4n) is 1.41. The van der Waals surface area contributed by atoms with Crippen LogP contribution in [0.3, 0.4) is 0 Å². The van der Waals surface area contributed by atoms with E-state index >= 15 is 0 Å². The van der Waals surface area contributed by atoms with Crippen molar-refractivity contribution in [2.24, 2.45) is 0 Å². The normalized spacial score (nSPS) is 26.6. The third kappa shape index (κ3) is 2.10. The first-order valence-corrected chi connectivity index (χ1v) is 4.87. The summed E-state index contributed by atoms with van der Waals surface area (Å²) in [6.45, 7) is 1.96. The molecule has 1 aromatic rings. The lowest BCUT2D eigenvalue weighted by Gasteiger charge is -2.31. The number of halogens is 1. The van der Waals surface area contributed by atoms with E-state index in [1.165, 1.54) is 0 Å². The van der Waals surface area contributed by atoms with Gasteiger partial charge >= 0.3 is 0 Å². The highest BCUT2D eigenvalue weighted by Crippen LogP contribution is 2.27. The number of hydrogen-bond acceptors (Lipinski definition) is 3. The Hall–Kier alpha value is -0.830. The summed E-state index contributed by atoms with van der Waals surface area (Å²) in [5.41, 5.74) is 0.985. The summed E-state index contributed by atoms with van der Waals surface area (Å²) in [5, 5.41) is 3.66. The molecule has 3 nitrogen and oxygen atoms in total. The van der Waals surface area contributed by atoms with Crippen LogP contribution in [0.5, 0.6) is 0 Å². The van der Waals surface area contributed by atoms with Gasteiger partial charge in [0.2, 0.25) is 0 Å². The lowest BCUT2D eigenvalue weighted by molar-refractivity contribution is 0.453. The second-order valence-corrected chi connectivity index (χ2v) is 4.07. The summed E-state index contributed by atoms with van der Waals surface area (Å²) in [7, 11) is 0. The van der Waals surface area contributed by atoms with Gasteiger partial charge in [0, 0.05) is 23.2 Å². The third-order valence-electron chi connectivity index (χ3n) is 2.24. The molecule has 1 aliphatic carbocycles. The van der Waals surface area contributed by atoms with Gasteiger partial charge in [0.1, 0.15) is 12.1 Å². The predicted octanol–water partition coefficient (Wildman–Crippen LogP) is 1.97. The monoisotopic (exact) mass is 197 g/mol. The van der Waals surface area contributed by atoms with Gasteiger partial charge in [-0.3, -0.25) is 0 Å². The second kappa shape index (κ2) is 3.50. The number of nitrogens with zero attached hydrogens (tertiary/aromatic N) is 2. The van der Waals surface area contributed by atoms with Gasteiger partial charge in [-0.25, -0.2) is 9.97 Å². The molecule has 0 bridgehead atoms. The number of nitrogens with one attached hydrogen (secondary N) is 1. The summed E-state index contributed by atoms with van der Waals surface area (Å²) in [4.78, 5) is 8.15. The molecule has 0 aliphatic heterocycles. The number of rotatable bonds is 2. The van der Waals surface area contributed by atoms with Crippen molar-refractivity contribution in [3.63, 3.8) is 0 Å². The van der Waals surface area contributed by atoms with Gasteiger partial charge in [-0.1, -0.05) is 0 Å². The molecular formula is C9H12ClN3. The molecule has 0 unspecified atom stereocenters. The molecule has 0 saturated heterocycles. The smallest absolute Gasteiger partial charge is 0.129 e. The highest BCUT2D eigenvalue weighted by Gasteiger charge is 2.27. The number of aryl methyl sites for hydroxylation is 1. The Balaban J connectivity index is 1.94. The zero-order valence-corrected chi connectivity index (χ0v) is 8.25. The number of alkyl halides is 1. The van der Waals surface area contributed by atoms with Crippen LogP contribution in [0.1, 0.15) is 18.5 Å². The summed E-state index contributed by atoms with van der Waals surface area (Å²) in [6.07, 6.45) is 3.64. The first-order chi connectivity index (χ1) is 6.24. The fraction of sp³-hybridized carbons (Fsp3) is 0.556. The van der Waals surface area contributed by atoms with Crippen LogP contribution in [0.2, 0.25) is 0 Å². The molecule has 1 fully saturated rings. The average molecular weight is 198 g/mol. The number of anilines is 1. The second-order valence-electron chi connectivity index (χ2n) is 3.45. The van der Waals surface area contributed by atoms with E-state index in [0.29, 0.717) is 11.4 Å². The van der Waals surface area contributed by atoms with Crippen LogP contribution < -0.4 is 5.32 Å². The van der Waals surface area contributed by atoms with Crippen LogP contribution >= 0.6 is 11.6 Å². The molecule has 1 heterocycles. The Bertz CT molecular complexity index is 297. The molecular weight excluding hydrogens is 186 g/mol. The van der Waals surface area contributed by atoms with Crippen molar-refractivity contribution in [1.82, 2.24) is 9.97 Å². The Morgan fingerprint density at radius 3 is 2.85 bits per heavy atom. The Kier molecular flexibility index (Phi) is 2.36. The molecule has 1 aliphatic rings. The van der Waals surface area contributed by atoms with Gasteiger partial charge in [0.05, 0.1) is 0 Å². The Morgan fingerprint density at radius 1 is 1.46 bits per heavy atom. The average Bonchev–Trinajstić information content (AvgIpc) is 2.01. The molecule has 0 atom stereocenters. The Morgan fingerprint density at radius 2 is 2.23 bits per heavy atom. The topological polar surface area (TPSA) is 37.8 Å². The highest BCUT2D eigenvalue weighted by molar-refractivity contribution is 6.21. The summed E-state index contributed by atoms with van der Waals surface area (Å²) in [5.74, 6) is 0.904. The molecule has 70 valence electrons. The van der Waals surface area contributed by atoms with Crippen molar-refractivity contribution in [2.45, 2.75) is 31.2 Å². The van der Waals surface area contributed by atoms with Gasteiger partial charge in [0.15, 0.2) is 0 Å². The third-order valence-corrected chi connectivity index (χ3v) is 2.59. The lowest BCUT2D eigenvalue weighted by Crippen LogP contribution is -2.36. The van der Waals surface area contributed by atoms with Gasteiger partial charge in [-0.15, -0.1) is 11.6 Å². The quantitative estimate of drug-likeness (QED) is 0.737. The fourth-order valence-corrected chi connectivity index (χ4v) is 1.84. The van der Waals surface area contributed by atoms with Crippen LogP contribution in [0.25, 0.3) is 0 Å². The molecule has 13 heavy (non-hydrogen) atoms. The minimum atomic E-state index is 0.348. The van der Waals surface area contributed by atoms with E-state index in [0.717, 1.165) is 24.4 Å². The van der Waals surface area contributed by atoms with Crippen molar-refractivity contribution >= 4 is 17.4 Å². The minimum absolute atomic E-state index is 0.348. The van der Waals surface area contributed by atoms with E-state index < -0.39 is 0 Å². The minimum Gasteiger partial charge on any atom is -0.367 e. The molecule has 1 saturated carbocycles. The molecule has 0 aromatic carbocycles. The SMILES string of the molecule is Cc1cc(NC2CC(Cl)C2)ncn1. The van der Waals surface area contributed by atoms with E-state index in [9.17, 15) is 0 Å². The van der Waals surface area contributed by atoms with Crippen molar-refractivity contribution in [3.8, 4) is 0 Å². The van der Waals surface area contributed by atoms with Crippen LogP contribution in [-0.2, 0) is 0 Å². The van der Waals surface area contributed by atoms with E-state index in [1.54, 1.807) is 6.33 Å². The van der Waals surface area contributed by atoms with Crippen molar-refractivity contribution in [2.75, 3.05) is 5.32 Å². The summed E-state index contributed by atoms with van der Waals surface area (Å²) in [6, 6.07) is 2.44. The standard InChI is InChI=1S/C9H12ClN3/c1-6-2-9(12-5-11-6)13-8-3-7(10)4-8/h2,5,7-8H,3-4H2,1H3,(H,11,12,13). The lowest BCUT2D eigenvalue weighted by atomic mass is 9.92. The van der Waals surface area contributed by atoms with E-state index in [1.807, 2.05) is 13.0 Å². The van der Waals surface area contributed by atoms with Crippen LogP contribution in [0.4, 0.5) is 5.82 Å². The van der Waals surface area contributed by atoms with Crippen molar-refractivity contribution in [1.29, 1.82) is 0 Å². The molecule has 1 N–H and O–H groups in total. The highest BCUT2D eigenvalue weighted by atomic mass is 35.5. The van der Waals surface area contributed by atoms with E-state index in [4.69, 9.17) is 11.6 Å². The first kappa shape index (κ1) is 8.75. The summed E-state index contributed by atoms with van der Waals surface area (Å²) < 4.78 is 0.